The number of rotatable bonds is 7. The number of carbonyl (C=O) groups is 2. The molecule has 1 heterocycles. The van der Waals surface area contributed by atoms with Gasteiger partial charge in [0.05, 0.1) is 22.7 Å². The van der Waals surface area contributed by atoms with Gasteiger partial charge in [0.2, 0.25) is 0 Å². The minimum atomic E-state index is -0.552. The molecule has 2 amide bonds. The van der Waals surface area contributed by atoms with Gasteiger partial charge in [-0.05, 0) is 53.6 Å². The average molecular weight is 553 g/mol. The third kappa shape index (κ3) is 6.19. The predicted octanol–water partition coefficient (Wildman–Crippen LogP) is 4.74. The van der Waals surface area contributed by atoms with Gasteiger partial charge >= 0.3 is 0 Å². The first-order valence-corrected chi connectivity index (χ1v) is 11.5. The second-order valence-electron chi connectivity index (χ2n) is 7.30. The van der Waals surface area contributed by atoms with Gasteiger partial charge in [0.15, 0.2) is 0 Å². The van der Waals surface area contributed by atoms with Gasteiger partial charge in [0.25, 0.3) is 11.8 Å². The highest BCUT2D eigenvalue weighted by Crippen LogP contribution is 2.27. The van der Waals surface area contributed by atoms with Crippen LogP contribution in [-0.2, 0) is 0 Å². The van der Waals surface area contributed by atoms with Crippen molar-refractivity contribution in [2.45, 2.75) is 5.25 Å². The molecule has 3 N–H and O–H groups in total. The van der Waals surface area contributed by atoms with Crippen molar-refractivity contribution in [2.24, 2.45) is 5.10 Å². The number of nitrogens with zero attached hydrogens (tertiary/aromatic N) is 3. The van der Waals surface area contributed by atoms with Crippen molar-refractivity contribution in [3.05, 3.63) is 111 Å². The van der Waals surface area contributed by atoms with Gasteiger partial charge in [-0.3, -0.25) is 14.7 Å². The summed E-state index contributed by atoms with van der Waals surface area (Å²) in [6, 6.07) is 17.6. The molecule has 3 aromatic carbocycles. The van der Waals surface area contributed by atoms with Crippen molar-refractivity contribution < 1.29 is 14.0 Å². The van der Waals surface area contributed by atoms with E-state index in [1.165, 1.54) is 30.7 Å². The second-order valence-corrected chi connectivity index (χ2v) is 8.73. The summed E-state index contributed by atoms with van der Waals surface area (Å²) < 4.78 is 14.0. The Balaban J connectivity index is 1.50. The molecule has 4 rings (SSSR count). The minimum absolute atomic E-state index is 0.189. The van der Waals surface area contributed by atoms with Crippen molar-refractivity contribution in [1.82, 2.24) is 20.6 Å². The number of anilines is 1. The molecule has 176 valence electrons. The van der Waals surface area contributed by atoms with Crippen LogP contribution < -0.4 is 10.7 Å². The average Bonchev–Trinajstić information content (AvgIpc) is 3.40. The van der Waals surface area contributed by atoms with Gasteiger partial charge in [-0.2, -0.15) is 22.8 Å². The number of benzene rings is 3. The first-order valence-electron chi connectivity index (χ1n) is 10.2. The highest BCUT2D eigenvalue weighted by atomic mass is 79.9. The molecule has 0 spiro atoms. The van der Waals surface area contributed by atoms with Crippen LogP contribution in [0.15, 0.2) is 82.6 Å². The summed E-state index contributed by atoms with van der Waals surface area (Å²) in [5.41, 5.74) is 4.49. The molecule has 0 aliphatic heterocycles. The third-order valence-electron chi connectivity index (χ3n) is 4.86. The number of aromatic nitrogens is 3. The molecule has 8 nitrogen and oxygen atoms in total. The monoisotopic (exact) mass is 552 g/mol. The Morgan fingerprint density at radius 2 is 1.91 bits per heavy atom. The Morgan fingerprint density at radius 3 is 2.69 bits per heavy atom. The van der Waals surface area contributed by atoms with E-state index in [-0.39, 0.29) is 5.56 Å². The first kappa shape index (κ1) is 24.3. The summed E-state index contributed by atoms with van der Waals surface area (Å²) in [4.78, 5) is 29.9. The lowest BCUT2D eigenvalue weighted by Crippen LogP contribution is -2.21. The third-order valence-corrected chi connectivity index (χ3v) is 5.90. The Bertz CT molecular complexity index is 1400. The van der Waals surface area contributed by atoms with E-state index < -0.39 is 22.9 Å². The molecule has 35 heavy (non-hydrogen) atoms. The molecule has 0 bridgehead atoms. The van der Waals surface area contributed by atoms with Crippen LogP contribution in [0.1, 0.15) is 42.9 Å². The van der Waals surface area contributed by atoms with Gasteiger partial charge in [-0.15, -0.1) is 0 Å². The van der Waals surface area contributed by atoms with Crippen LogP contribution in [-0.4, -0.2) is 33.2 Å². The molecule has 4 aromatic rings. The zero-order chi connectivity index (χ0) is 24.8. The van der Waals surface area contributed by atoms with Gasteiger partial charge < -0.3 is 5.32 Å². The number of nitrogens with one attached hydrogen (secondary N) is 3. The zero-order valence-electron chi connectivity index (χ0n) is 17.9. The van der Waals surface area contributed by atoms with Crippen LogP contribution in [0.2, 0.25) is 0 Å². The number of hydrogen-bond acceptors (Lipinski definition) is 6. The van der Waals surface area contributed by atoms with Crippen LogP contribution in [0.25, 0.3) is 0 Å². The highest BCUT2D eigenvalue weighted by Gasteiger charge is 2.17. The lowest BCUT2D eigenvalue weighted by molar-refractivity contribution is 0.0956. The van der Waals surface area contributed by atoms with Gasteiger partial charge in [-0.25, -0.2) is 14.8 Å². The molecule has 1 atom stereocenters. The number of H-pyrrole nitrogens is 1. The van der Waals surface area contributed by atoms with Gasteiger partial charge in [0.1, 0.15) is 18.0 Å². The number of hydrazone groups is 1. The van der Waals surface area contributed by atoms with E-state index in [9.17, 15) is 14.0 Å². The SMILES string of the molecule is O=C(Nc1ccc(Br)cc1C(=O)N/N=C/c1cccc(F)c1)c1cccc(C(S)c2ncn[nH]2)c1. The first-order chi connectivity index (χ1) is 16.9. The summed E-state index contributed by atoms with van der Waals surface area (Å²) in [6.45, 7) is 0. The molecule has 0 aliphatic rings. The minimum Gasteiger partial charge on any atom is -0.321 e. The van der Waals surface area contributed by atoms with Crippen molar-refractivity contribution in [2.75, 3.05) is 5.32 Å². The molecule has 0 fully saturated rings. The van der Waals surface area contributed by atoms with Crippen LogP contribution >= 0.6 is 28.6 Å². The fourth-order valence-corrected chi connectivity index (χ4v) is 3.82. The maximum absolute atomic E-state index is 13.3. The lowest BCUT2D eigenvalue weighted by Gasteiger charge is -2.13. The fourth-order valence-electron chi connectivity index (χ4n) is 3.17. The molecule has 0 radical (unpaired) electrons. The maximum Gasteiger partial charge on any atom is 0.273 e. The number of amides is 2. The normalized spacial score (nSPS) is 11.9. The molecule has 11 heteroatoms. The summed E-state index contributed by atoms with van der Waals surface area (Å²) >= 11 is 7.89. The van der Waals surface area contributed by atoms with Crippen LogP contribution in [0.3, 0.4) is 0 Å². The number of aromatic amines is 1. The summed E-state index contributed by atoms with van der Waals surface area (Å²) in [5, 5.41) is 12.8. The van der Waals surface area contributed by atoms with E-state index in [2.05, 4.69) is 59.6 Å². The van der Waals surface area contributed by atoms with E-state index in [1.807, 2.05) is 6.07 Å². The van der Waals surface area contributed by atoms with E-state index >= 15 is 0 Å². The largest absolute Gasteiger partial charge is 0.321 e. The van der Waals surface area contributed by atoms with Crippen molar-refractivity contribution in [3.8, 4) is 0 Å². The van der Waals surface area contributed by atoms with E-state index in [0.717, 1.165) is 5.56 Å². The van der Waals surface area contributed by atoms with E-state index in [1.54, 1.807) is 42.5 Å². The Morgan fingerprint density at radius 1 is 1.09 bits per heavy atom. The predicted molar refractivity (Wildman–Crippen MR) is 137 cm³/mol. The number of thiol groups is 1. The molecule has 1 aromatic heterocycles. The molecule has 0 saturated heterocycles. The Kier molecular flexibility index (Phi) is 7.68. The van der Waals surface area contributed by atoms with Gasteiger partial charge in [-0.1, -0.05) is 40.2 Å². The molecule has 1 unspecified atom stereocenters. The van der Waals surface area contributed by atoms with Crippen LogP contribution in [0.5, 0.6) is 0 Å². The molecular weight excluding hydrogens is 535 g/mol. The maximum atomic E-state index is 13.3. The van der Waals surface area contributed by atoms with Crippen molar-refractivity contribution >= 4 is 52.3 Å². The molecule has 0 saturated carbocycles. The van der Waals surface area contributed by atoms with Crippen molar-refractivity contribution in [1.29, 1.82) is 0 Å². The van der Waals surface area contributed by atoms with Crippen molar-refractivity contribution in [3.63, 3.8) is 0 Å². The zero-order valence-corrected chi connectivity index (χ0v) is 20.4. The Labute approximate surface area is 213 Å². The molecular formula is C24H18BrFN6O2S. The highest BCUT2D eigenvalue weighted by molar-refractivity contribution is 9.10. The summed E-state index contributed by atoms with van der Waals surface area (Å²) in [5.74, 6) is -0.823. The quantitative estimate of drug-likeness (QED) is 0.151. The second kappa shape index (κ2) is 11.1. The standard InChI is InChI=1S/C24H18BrFN6O2S/c25-17-7-8-20(19(11-17)24(34)32-28-12-14-3-1-6-18(26)9-14)30-23(33)16-5-2-4-15(10-16)21(35)22-27-13-29-31-22/h1-13,21,35H,(H,30,33)(H,32,34)(H,27,29,31)/b28-12+. The van der Waals surface area contributed by atoms with E-state index in [4.69, 9.17) is 0 Å². The van der Waals surface area contributed by atoms with Crippen LogP contribution in [0, 0.1) is 5.82 Å². The molecule has 0 aliphatic carbocycles. The van der Waals surface area contributed by atoms with Crippen LogP contribution in [0.4, 0.5) is 10.1 Å². The number of carbonyl (C=O) groups excluding carboxylic acids is 2. The number of halogens is 2. The Hall–Kier alpha value is -3.83. The van der Waals surface area contributed by atoms with E-state index in [0.29, 0.717) is 27.1 Å². The summed E-state index contributed by atoms with van der Waals surface area (Å²) in [7, 11) is 0. The number of hydrogen-bond donors (Lipinski definition) is 4. The smallest absolute Gasteiger partial charge is 0.273 e. The lowest BCUT2D eigenvalue weighted by atomic mass is 10.1. The topological polar surface area (TPSA) is 112 Å². The summed E-state index contributed by atoms with van der Waals surface area (Å²) in [6.07, 6.45) is 2.71. The fraction of sp³-hybridized carbons (Fsp3) is 0.0417. The van der Waals surface area contributed by atoms with Gasteiger partial charge in [0, 0.05) is 10.0 Å².